The van der Waals surface area contributed by atoms with Gasteiger partial charge in [-0.3, -0.25) is 9.69 Å². The van der Waals surface area contributed by atoms with Crippen molar-refractivity contribution in [3.05, 3.63) is 0 Å². The first-order valence-electron chi connectivity index (χ1n) is 7.99. The van der Waals surface area contributed by atoms with Gasteiger partial charge < -0.3 is 15.4 Å². The van der Waals surface area contributed by atoms with Gasteiger partial charge in [-0.15, -0.1) is 0 Å². The minimum absolute atomic E-state index is 0.0607. The molecule has 2 rings (SSSR count). The van der Waals surface area contributed by atoms with Crippen molar-refractivity contribution in [1.82, 2.24) is 9.80 Å². The van der Waals surface area contributed by atoms with E-state index in [0.717, 1.165) is 32.5 Å². The van der Waals surface area contributed by atoms with Crippen molar-refractivity contribution in [3.63, 3.8) is 0 Å². The average molecular weight is 283 g/mol. The van der Waals surface area contributed by atoms with Crippen LogP contribution in [0, 0.1) is 0 Å². The predicted octanol–water partition coefficient (Wildman–Crippen LogP) is 0.826. The molecule has 5 heteroatoms. The summed E-state index contributed by atoms with van der Waals surface area (Å²) in [5.41, 5.74) is 5.70. The highest BCUT2D eigenvalue weighted by Gasteiger charge is 2.33. The second-order valence-electron chi connectivity index (χ2n) is 6.15. The van der Waals surface area contributed by atoms with E-state index in [0.29, 0.717) is 13.2 Å². The van der Waals surface area contributed by atoms with Gasteiger partial charge in [-0.25, -0.2) is 0 Å². The van der Waals surface area contributed by atoms with Crippen LogP contribution in [0.1, 0.15) is 39.5 Å². The summed E-state index contributed by atoms with van der Waals surface area (Å²) in [6, 6.07) is 0.213. The fourth-order valence-corrected chi connectivity index (χ4v) is 3.22. The molecule has 1 amide bonds. The van der Waals surface area contributed by atoms with Gasteiger partial charge in [0, 0.05) is 32.2 Å². The molecule has 0 radical (unpaired) electrons. The lowest BCUT2D eigenvalue weighted by atomic mass is 10.1. The summed E-state index contributed by atoms with van der Waals surface area (Å²) in [5, 5.41) is 0. The zero-order chi connectivity index (χ0) is 14.5. The van der Waals surface area contributed by atoms with Crippen molar-refractivity contribution in [2.45, 2.75) is 57.7 Å². The Hall–Kier alpha value is -0.650. The molecule has 0 spiro atoms. The van der Waals surface area contributed by atoms with E-state index in [4.69, 9.17) is 10.5 Å². The summed E-state index contributed by atoms with van der Waals surface area (Å²) in [5.74, 6) is 0.274. The molecule has 2 aliphatic heterocycles. The number of hydrogen-bond acceptors (Lipinski definition) is 4. The van der Waals surface area contributed by atoms with Gasteiger partial charge in [0.1, 0.15) is 0 Å². The van der Waals surface area contributed by atoms with Gasteiger partial charge >= 0.3 is 0 Å². The fraction of sp³-hybridized carbons (Fsp3) is 0.933. The van der Waals surface area contributed by atoms with E-state index >= 15 is 0 Å². The average Bonchev–Trinajstić information content (AvgIpc) is 2.75. The summed E-state index contributed by atoms with van der Waals surface area (Å²) in [4.78, 5) is 17.0. The fourth-order valence-electron chi connectivity index (χ4n) is 3.22. The van der Waals surface area contributed by atoms with Gasteiger partial charge in [-0.05, 0) is 26.7 Å². The molecule has 0 aromatic heterocycles. The third-order valence-corrected chi connectivity index (χ3v) is 4.59. The molecule has 2 aliphatic rings. The zero-order valence-electron chi connectivity index (χ0n) is 12.9. The minimum atomic E-state index is -0.0685. The predicted molar refractivity (Wildman–Crippen MR) is 79.5 cm³/mol. The van der Waals surface area contributed by atoms with Crippen molar-refractivity contribution >= 4 is 5.91 Å². The second kappa shape index (κ2) is 7.38. The molecule has 2 heterocycles. The Balaban J connectivity index is 1.97. The van der Waals surface area contributed by atoms with Crippen LogP contribution in [0.5, 0.6) is 0 Å². The van der Waals surface area contributed by atoms with E-state index in [-0.39, 0.29) is 24.1 Å². The number of ether oxygens (including phenoxy) is 1. The summed E-state index contributed by atoms with van der Waals surface area (Å²) in [6.45, 7) is 7.94. The summed E-state index contributed by atoms with van der Waals surface area (Å²) >= 11 is 0. The van der Waals surface area contributed by atoms with Gasteiger partial charge in [-0.2, -0.15) is 0 Å². The van der Waals surface area contributed by atoms with Crippen LogP contribution in [0.25, 0.3) is 0 Å². The van der Waals surface area contributed by atoms with Crippen molar-refractivity contribution in [1.29, 1.82) is 0 Å². The molecule has 20 heavy (non-hydrogen) atoms. The molecule has 2 N–H and O–H groups in total. The summed E-state index contributed by atoms with van der Waals surface area (Å²) in [6.07, 6.45) is 4.85. The van der Waals surface area contributed by atoms with Crippen molar-refractivity contribution in [3.8, 4) is 0 Å². The highest BCUT2D eigenvalue weighted by atomic mass is 16.5. The van der Waals surface area contributed by atoms with Gasteiger partial charge in [0.15, 0.2) is 0 Å². The van der Waals surface area contributed by atoms with Crippen LogP contribution < -0.4 is 5.73 Å². The van der Waals surface area contributed by atoms with Crippen molar-refractivity contribution in [2.75, 3.05) is 32.8 Å². The van der Waals surface area contributed by atoms with E-state index < -0.39 is 0 Å². The van der Waals surface area contributed by atoms with Gasteiger partial charge in [-0.1, -0.05) is 12.8 Å². The molecule has 116 valence electrons. The number of nitrogens with two attached hydrogens (primary N) is 1. The topological polar surface area (TPSA) is 58.8 Å². The summed E-state index contributed by atoms with van der Waals surface area (Å²) < 4.78 is 5.67. The van der Waals surface area contributed by atoms with Crippen molar-refractivity contribution < 1.29 is 9.53 Å². The second-order valence-corrected chi connectivity index (χ2v) is 6.15. The normalized spacial score (nSPS) is 30.9. The maximum atomic E-state index is 12.7. The standard InChI is InChI=1S/C15H29N3O2/c1-12-11-20-14(9-16)10-18(12)13(2)15(19)17-7-5-3-4-6-8-17/h12-14H,3-11,16H2,1-2H3. The quantitative estimate of drug-likeness (QED) is 0.833. The Morgan fingerprint density at radius 2 is 1.95 bits per heavy atom. The first-order valence-corrected chi connectivity index (χ1v) is 7.99. The summed E-state index contributed by atoms with van der Waals surface area (Å²) in [7, 11) is 0. The smallest absolute Gasteiger partial charge is 0.239 e. The molecule has 0 aliphatic carbocycles. The minimum Gasteiger partial charge on any atom is -0.374 e. The van der Waals surface area contributed by atoms with Crippen LogP contribution in [0.4, 0.5) is 0 Å². The molecule has 2 fully saturated rings. The number of morpholine rings is 1. The molecule has 3 atom stereocenters. The number of likely N-dealkylation sites (tertiary alicyclic amines) is 1. The number of carbonyl (C=O) groups is 1. The number of hydrogen-bond donors (Lipinski definition) is 1. The third kappa shape index (κ3) is 3.71. The van der Waals surface area contributed by atoms with E-state index in [1.165, 1.54) is 12.8 Å². The Labute approximate surface area is 122 Å². The van der Waals surface area contributed by atoms with Crippen LogP contribution in [-0.2, 0) is 9.53 Å². The highest BCUT2D eigenvalue weighted by Crippen LogP contribution is 2.18. The van der Waals surface area contributed by atoms with E-state index in [9.17, 15) is 4.79 Å². The van der Waals surface area contributed by atoms with Gasteiger partial charge in [0.2, 0.25) is 5.91 Å². The van der Waals surface area contributed by atoms with Crippen LogP contribution >= 0.6 is 0 Å². The highest BCUT2D eigenvalue weighted by molar-refractivity contribution is 5.81. The first-order chi connectivity index (χ1) is 9.63. The maximum Gasteiger partial charge on any atom is 0.239 e. The SMILES string of the molecule is CC1COC(CN)CN1C(C)C(=O)N1CCCCCC1. The lowest BCUT2D eigenvalue weighted by Crippen LogP contribution is -2.58. The Morgan fingerprint density at radius 3 is 2.55 bits per heavy atom. The van der Waals surface area contributed by atoms with E-state index in [2.05, 4.69) is 16.7 Å². The Morgan fingerprint density at radius 1 is 1.30 bits per heavy atom. The van der Waals surface area contributed by atoms with E-state index in [1.54, 1.807) is 0 Å². The molecule has 0 aromatic rings. The van der Waals surface area contributed by atoms with Crippen LogP contribution in [-0.4, -0.2) is 66.7 Å². The number of amides is 1. The monoisotopic (exact) mass is 283 g/mol. The molecular weight excluding hydrogens is 254 g/mol. The number of rotatable bonds is 3. The van der Waals surface area contributed by atoms with E-state index in [1.807, 2.05) is 6.92 Å². The Bertz CT molecular complexity index is 316. The molecule has 0 saturated carbocycles. The zero-order valence-corrected chi connectivity index (χ0v) is 12.9. The molecular formula is C15H29N3O2. The van der Waals surface area contributed by atoms with Gasteiger partial charge in [0.25, 0.3) is 0 Å². The number of carbonyl (C=O) groups excluding carboxylic acids is 1. The lowest BCUT2D eigenvalue weighted by molar-refractivity contribution is -0.142. The molecule has 5 nitrogen and oxygen atoms in total. The molecule has 2 saturated heterocycles. The molecule has 0 aromatic carbocycles. The first kappa shape index (κ1) is 15.7. The molecule has 3 unspecified atom stereocenters. The lowest BCUT2D eigenvalue weighted by Gasteiger charge is -2.41. The maximum absolute atomic E-state index is 12.7. The van der Waals surface area contributed by atoms with Crippen LogP contribution in [0.2, 0.25) is 0 Å². The largest absolute Gasteiger partial charge is 0.374 e. The van der Waals surface area contributed by atoms with Gasteiger partial charge in [0.05, 0.1) is 18.8 Å². The van der Waals surface area contributed by atoms with Crippen LogP contribution in [0.3, 0.4) is 0 Å². The van der Waals surface area contributed by atoms with Crippen LogP contribution in [0.15, 0.2) is 0 Å². The van der Waals surface area contributed by atoms with Crippen molar-refractivity contribution in [2.24, 2.45) is 5.73 Å². The third-order valence-electron chi connectivity index (χ3n) is 4.59. The number of nitrogens with zero attached hydrogens (tertiary/aromatic N) is 2. The molecule has 0 bridgehead atoms. The Kier molecular flexibility index (Phi) is 5.81.